The Labute approximate surface area is 358 Å². The zero-order valence-electron chi connectivity index (χ0n) is 36.1. The largest absolute Gasteiger partial charge is 0.457 e. The molecule has 4 aromatic carbocycles. The summed E-state index contributed by atoms with van der Waals surface area (Å²) in [5.74, 6) is 5.07. The molecule has 0 saturated heterocycles. The van der Waals surface area contributed by atoms with E-state index in [0.29, 0.717) is 23.0 Å². The Kier molecular flexibility index (Phi) is 17.4. The van der Waals surface area contributed by atoms with E-state index in [1.54, 1.807) is 24.3 Å². The van der Waals surface area contributed by atoms with Gasteiger partial charge in [-0.1, -0.05) is 153 Å². The third kappa shape index (κ3) is 13.4. The van der Waals surface area contributed by atoms with E-state index >= 15 is 0 Å². The van der Waals surface area contributed by atoms with E-state index < -0.39 is 9.85 Å². The molecule has 0 N–H and O–H groups in total. The Balaban J connectivity index is 0.983. The maximum absolute atomic E-state index is 11.1. The summed E-state index contributed by atoms with van der Waals surface area (Å²) in [7, 11) is 0. The van der Waals surface area contributed by atoms with Gasteiger partial charge in [0.1, 0.15) is 23.0 Å². The van der Waals surface area contributed by atoms with E-state index in [4.69, 9.17) is 9.47 Å². The molecule has 8 nitrogen and oxygen atoms in total. The second kappa shape index (κ2) is 23.3. The van der Waals surface area contributed by atoms with Crippen LogP contribution in [0.4, 0.5) is 11.4 Å². The van der Waals surface area contributed by atoms with Crippen LogP contribution < -0.4 is 9.47 Å². The van der Waals surface area contributed by atoms with Gasteiger partial charge >= 0.3 is 0 Å². The molecule has 2 fully saturated rings. The van der Waals surface area contributed by atoms with Crippen molar-refractivity contribution in [1.82, 2.24) is 0 Å². The molecule has 2 aliphatic carbocycles. The minimum Gasteiger partial charge on any atom is -0.457 e. The molecule has 0 unspecified atom stereocenters. The lowest BCUT2D eigenvalue weighted by atomic mass is 9.62. The van der Waals surface area contributed by atoms with Crippen molar-refractivity contribution in [1.29, 1.82) is 0 Å². The predicted octanol–water partition coefficient (Wildman–Crippen LogP) is 16.2. The first kappa shape index (κ1) is 44.8. The van der Waals surface area contributed by atoms with Gasteiger partial charge in [0, 0.05) is 29.7 Å². The van der Waals surface area contributed by atoms with E-state index in [-0.39, 0.29) is 16.8 Å². The molecule has 2 aliphatic rings. The molecule has 0 spiro atoms. The number of hydrogen-bond acceptors (Lipinski definition) is 6. The third-order valence-electron chi connectivity index (χ3n) is 13.8. The summed E-state index contributed by atoms with van der Waals surface area (Å²) in [6.45, 7) is 2.29. The van der Waals surface area contributed by atoms with Crippen LogP contribution in [0.25, 0.3) is 0 Å². The monoisotopic (exact) mass is 817 g/mol. The molecule has 60 heavy (non-hydrogen) atoms. The van der Waals surface area contributed by atoms with E-state index in [0.717, 1.165) is 30.6 Å². The molecular weight excluding hydrogens is 749 g/mol. The van der Waals surface area contributed by atoms with Crippen molar-refractivity contribution in [3.8, 4) is 23.0 Å². The highest BCUT2D eigenvalue weighted by atomic mass is 16.6. The van der Waals surface area contributed by atoms with Gasteiger partial charge in [-0.15, -0.1) is 0 Å². The Morgan fingerprint density at radius 1 is 0.450 bits per heavy atom. The fraction of sp³-hybridized carbons (Fsp3) is 0.538. The third-order valence-corrected chi connectivity index (χ3v) is 13.8. The molecule has 6 rings (SSSR count). The van der Waals surface area contributed by atoms with Gasteiger partial charge < -0.3 is 9.47 Å². The van der Waals surface area contributed by atoms with E-state index in [1.165, 1.54) is 170 Å². The van der Waals surface area contributed by atoms with E-state index in [1.807, 2.05) is 24.3 Å². The van der Waals surface area contributed by atoms with Crippen LogP contribution in [-0.4, -0.2) is 9.85 Å². The second-order valence-corrected chi connectivity index (χ2v) is 17.9. The number of nitrogens with zero attached hydrogens (tertiary/aromatic N) is 2. The van der Waals surface area contributed by atoms with Gasteiger partial charge in [-0.05, 0) is 103 Å². The van der Waals surface area contributed by atoms with Crippen LogP contribution in [0, 0.1) is 38.0 Å². The normalized spacial score (nSPS) is 17.9. The summed E-state index contributed by atoms with van der Waals surface area (Å²) >= 11 is 0. The number of hydrogen-bond donors (Lipinski definition) is 0. The Bertz CT molecular complexity index is 1760. The predicted molar refractivity (Wildman–Crippen MR) is 242 cm³/mol. The van der Waals surface area contributed by atoms with Crippen molar-refractivity contribution in [3.05, 3.63) is 128 Å². The summed E-state index contributed by atoms with van der Waals surface area (Å²) in [6, 6.07) is 29.1. The lowest BCUT2D eigenvalue weighted by molar-refractivity contribution is -0.385. The van der Waals surface area contributed by atoms with Crippen molar-refractivity contribution < 1.29 is 19.3 Å². The van der Waals surface area contributed by atoms with Gasteiger partial charge in [0.2, 0.25) is 0 Å². The van der Waals surface area contributed by atoms with Crippen molar-refractivity contribution in [2.24, 2.45) is 17.8 Å². The average Bonchev–Trinajstić information content (AvgIpc) is 3.27. The number of nitro groups is 2. The number of benzene rings is 4. The molecule has 2 saturated carbocycles. The first-order chi connectivity index (χ1) is 29.3. The fourth-order valence-electron chi connectivity index (χ4n) is 9.99. The molecule has 0 aromatic heterocycles. The van der Waals surface area contributed by atoms with Gasteiger partial charge in [0.25, 0.3) is 11.4 Å². The summed E-state index contributed by atoms with van der Waals surface area (Å²) in [6.07, 6.45) is 31.5. The van der Waals surface area contributed by atoms with Gasteiger partial charge in [-0.2, -0.15) is 0 Å². The highest BCUT2D eigenvalue weighted by Gasteiger charge is 2.38. The zero-order chi connectivity index (χ0) is 42.0. The molecule has 0 heterocycles. The topological polar surface area (TPSA) is 105 Å². The highest BCUT2D eigenvalue weighted by molar-refractivity contribution is 5.46. The van der Waals surface area contributed by atoms with E-state index in [9.17, 15) is 20.2 Å². The average molecular weight is 817 g/mol. The van der Waals surface area contributed by atoms with Crippen LogP contribution in [0.3, 0.4) is 0 Å². The molecule has 0 radical (unpaired) electrons. The van der Waals surface area contributed by atoms with Gasteiger partial charge in [0.15, 0.2) is 0 Å². The Morgan fingerprint density at radius 2 is 0.767 bits per heavy atom. The van der Waals surface area contributed by atoms with Gasteiger partial charge in [0.05, 0.1) is 9.85 Å². The quantitative estimate of drug-likeness (QED) is 0.0396. The standard InChI is InChI=1S/C52H68N2O6/c1-2-3-4-5-6-7-8-9-10-11-12-13-14-41-15-17-42(18-16-41)19-20-43-37-39-52(40-38-43,44-21-29-48(30-22-44)59-50-33-25-46(26-34-50)53(55)56)45-23-31-49(32-24-45)60-51-35-27-47(28-36-51)54(57)58/h21-36,41-43H,2-20,37-40H2,1H3/t41-,42-. The van der Waals surface area contributed by atoms with Crippen molar-refractivity contribution >= 4 is 11.4 Å². The SMILES string of the molecule is CCCCCCCCCCCCCC[C@H]1CC[C@H](CCC2CCC(c3ccc(Oc4ccc([N+](=O)[O-])cc4)cc3)(c3ccc(Oc4ccc([N+](=O)[O-])cc4)cc3)CC2)CC1. The smallest absolute Gasteiger partial charge is 0.269 e. The van der Waals surface area contributed by atoms with Crippen LogP contribution in [0.2, 0.25) is 0 Å². The van der Waals surface area contributed by atoms with Crippen LogP contribution in [-0.2, 0) is 5.41 Å². The number of non-ortho nitro benzene ring substituents is 2. The molecule has 0 amide bonds. The molecule has 0 aliphatic heterocycles. The fourth-order valence-corrected chi connectivity index (χ4v) is 9.99. The van der Waals surface area contributed by atoms with Crippen molar-refractivity contribution in [3.63, 3.8) is 0 Å². The number of ether oxygens (including phenoxy) is 2. The highest BCUT2D eigenvalue weighted by Crippen LogP contribution is 2.49. The van der Waals surface area contributed by atoms with Gasteiger partial charge in [-0.25, -0.2) is 0 Å². The Hall–Kier alpha value is -4.72. The van der Waals surface area contributed by atoms with Gasteiger partial charge in [-0.3, -0.25) is 20.2 Å². The first-order valence-corrected chi connectivity index (χ1v) is 23.4. The summed E-state index contributed by atoms with van der Waals surface area (Å²) in [5.41, 5.74) is 2.43. The Morgan fingerprint density at radius 3 is 1.13 bits per heavy atom. The lowest BCUT2D eigenvalue weighted by Crippen LogP contribution is -2.33. The molecule has 0 bridgehead atoms. The summed E-state index contributed by atoms with van der Waals surface area (Å²) < 4.78 is 12.2. The van der Waals surface area contributed by atoms with Crippen molar-refractivity contribution in [2.75, 3.05) is 0 Å². The van der Waals surface area contributed by atoms with E-state index in [2.05, 4.69) is 31.2 Å². The molecule has 4 aromatic rings. The number of unbranched alkanes of at least 4 members (excludes halogenated alkanes) is 11. The lowest BCUT2D eigenvalue weighted by Gasteiger charge is -2.42. The summed E-state index contributed by atoms with van der Waals surface area (Å²) in [4.78, 5) is 21.4. The molecular formula is C52H68N2O6. The minimum absolute atomic E-state index is 0.0343. The molecule has 8 heteroatoms. The first-order valence-electron chi connectivity index (χ1n) is 23.4. The van der Waals surface area contributed by atoms with Crippen LogP contribution in [0.15, 0.2) is 97.1 Å². The maximum Gasteiger partial charge on any atom is 0.269 e. The number of rotatable bonds is 24. The van der Waals surface area contributed by atoms with Crippen LogP contribution >= 0.6 is 0 Å². The second-order valence-electron chi connectivity index (χ2n) is 17.9. The zero-order valence-corrected chi connectivity index (χ0v) is 36.1. The molecule has 322 valence electrons. The van der Waals surface area contributed by atoms with Crippen LogP contribution in [0.5, 0.6) is 23.0 Å². The summed E-state index contributed by atoms with van der Waals surface area (Å²) in [5, 5.41) is 22.2. The molecule has 0 atom stereocenters. The van der Waals surface area contributed by atoms with Crippen LogP contribution in [0.1, 0.15) is 166 Å². The van der Waals surface area contributed by atoms with Crippen molar-refractivity contribution in [2.45, 2.75) is 160 Å². The minimum atomic E-state index is -0.410. The maximum atomic E-state index is 11.1. The number of nitro benzene ring substituents is 2.